The molecule has 3 aliphatic rings. The third kappa shape index (κ3) is 3.09. The van der Waals surface area contributed by atoms with Crippen molar-refractivity contribution in [2.45, 2.75) is 31.7 Å². The first-order chi connectivity index (χ1) is 9.27. The molecule has 1 spiro atoms. The molecule has 1 atom stereocenters. The highest BCUT2D eigenvalue weighted by Crippen LogP contribution is 2.39. The summed E-state index contributed by atoms with van der Waals surface area (Å²) < 4.78 is 10.8. The molecule has 3 aliphatic heterocycles. The zero-order valence-corrected chi connectivity index (χ0v) is 11.5. The lowest BCUT2D eigenvalue weighted by Gasteiger charge is -2.33. The van der Waals surface area contributed by atoms with Gasteiger partial charge in [0, 0.05) is 45.3 Å². The third-order valence-corrected chi connectivity index (χ3v) is 4.76. The zero-order chi connectivity index (χ0) is 13.1. The highest BCUT2D eigenvalue weighted by atomic mass is 16.5. The van der Waals surface area contributed by atoms with Gasteiger partial charge in [0.1, 0.15) is 0 Å². The molecule has 1 N–H and O–H groups in total. The van der Waals surface area contributed by atoms with E-state index in [2.05, 4.69) is 10.2 Å². The lowest BCUT2D eigenvalue weighted by molar-refractivity contribution is -0.132. The molecule has 0 radical (unpaired) electrons. The van der Waals surface area contributed by atoms with Gasteiger partial charge in [0.2, 0.25) is 5.91 Å². The topological polar surface area (TPSA) is 50.8 Å². The summed E-state index contributed by atoms with van der Waals surface area (Å²) in [5.41, 5.74) is 0.352. The quantitative estimate of drug-likeness (QED) is 0.787. The van der Waals surface area contributed by atoms with Gasteiger partial charge in [-0.1, -0.05) is 0 Å². The Morgan fingerprint density at radius 2 is 2.05 bits per heavy atom. The van der Waals surface area contributed by atoms with Gasteiger partial charge in [0.25, 0.3) is 0 Å². The highest BCUT2D eigenvalue weighted by Gasteiger charge is 2.41. The zero-order valence-electron chi connectivity index (χ0n) is 11.5. The maximum Gasteiger partial charge on any atom is 0.224 e. The second-order valence-electron chi connectivity index (χ2n) is 6.11. The van der Waals surface area contributed by atoms with Gasteiger partial charge >= 0.3 is 0 Å². The van der Waals surface area contributed by atoms with Gasteiger partial charge in [-0.15, -0.1) is 0 Å². The van der Waals surface area contributed by atoms with E-state index in [-0.39, 0.29) is 11.9 Å². The lowest BCUT2D eigenvalue weighted by Crippen LogP contribution is -2.45. The van der Waals surface area contributed by atoms with Crippen LogP contribution in [-0.4, -0.2) is 62.9 Å². The van der Waals surface area contributed by atoms with Gasteiger partial charge in [-0.3, -0.25) is 4.79 Å². The van der Waals surface area contributed by atoms with E-state index < -0.39 is 0 Å². The van der Waals surface area contributed by atoms with E-state index in [0.29, 0.717) is 18.4 Å². The number of nitrogens with zero attached hydrogens (tertiary/aromatic N) is 1. The molecule has 3 heterocycles. The summed E-state index contributed by atoms with van der Waals surface area (Å²) in [6.07, 6.45) is 3.95. The van der Waals surface area contributed by atoms with Crippen molar-refractivity contribution in [2.75, 3.05) is 46.1 Å². The smallest absolute Gasteiger partial charge is 0.224 e. The van der Waals surface area contributed by atoms with Gasteiger partial charge in [-0.05, 0) is 24.7 Å². The molecule has 3 rings (SSSR count). The lowest BCUT2D eigenvalue weighted by atomic mass is 9.80. The molecule has 0 bridgehead atoms. The van der Waals surface area contributed by atoms with E-state index >= 15 is 0 Å². The van der Waals surface area contributed by atoms with Crippen molar-refractivity contribution in [2.24, 2.45) is 5.41 Å². The fourth-order valence-electron chi connectivity index (χ4n) is 3.45. The van der Waals surface area contributed by atoms with Crippen LogP contribution in [0.25, 0.3) is 0 Å². The average molecular weight is 268 g/mol. The second kappa shape index (κ2) is 5.77. The van der Waals surface area contributed by atoms with Crippen molar-refractivity contribution in [3.63, 3.8) is 0 Å². The maximum atomic E-state index is 12.3. The van der Waals surface area contributed by atoms with Gasteiger partial charge in [-0.25, -0.2) is 0 Å². The number of carbonyl (C=O) groups is 1. The average Bonchev–Trinajstić information content (AvgIpc) is 2.85. The molecule has 108 valence electrons. The summed E-state index contributed by atoms with van der Waals surface area (Å²) >= 11 is 0. The number of hydrogen-bond acceptors (Lipinski definition) is 4. The van der Waals surface area contributed by atoms with Crippen LogP contribution in [0.5, 0.6) is 0 Å². The number of nitrogens with one attached hydrogen (secondary N) is 1. The molecule has 1 unspecified atom stereocenters. The van der Waals surface area contributed by atoms with Gasteiger partial charge in [-0.2, -0.15) is 0 Å². The molecular formula is C14H24N2O3. The molecule has 5 nitrogen and oxygen atoms in total. The van der Waals surface area contributed by atoms with Crippen LogP contribution in [-0.2, 0) is 14.3 Å². The number of morpholine rings is 1. The fourth-order valence-corrected chi connectivity index (χ4v) is 3.45. The molecule has 19 heavy (non-hydrogen) atoms. The van der Waals surface area contributed by atoms with Crippen molar-refractivity contribution in [1.82, 2.24) is 10.2 Å². The predicted octanol–water partition coefficient (Wildman–Crippen LogP) is 0.394. The van der Waals surface area contributed by atoms with Crippen molar-refractivity contribution in [3.05, 3.63) is 0 Å². The normalized spacial score (nSPS) is 30.7. The SMILES string of the molecule is O=C(CC1COCCN1)N1CCC2(CCOCC2)C1. The molecule has 0 aromatic heterocycles. The molecule has 0 aromatic carbocycles. The Bertz CT molecular complexity index is 323. The summed E-state index contributed by atoms with van der Waals surface area (Å²) in [4.78, 5) is 14.4. The van der Waals surface area contributed by atoms with E-state index in [1.807, 2.05) is 0 Å². The Morgan fingerprint density at radius 1 is 1.21 bits per heavy atom. The van der Waals surface area contributed by atoms with E-state index in [1.165, 1.54) is 0 Å². The van der Waals surface area contributed by atoms with Crippen molar-refractivity contribution in [1.29, 1.82) is 0 Å². The molecular weight excluding hydrogens is 244 g/mol. The summed E-state index contributed by atoms with van der Waals surface area (Å²) in [5, 5.41) is 3.35. The summed E-state index contributed by atoms with van der Waals surface area (Å²) in [6, 6.07) is 0.201. The minimum absolute atomic E-state index is 0.201. The number of amides is 1. The van der Waals surface area contributed by atoms with Crippen LogP contribution < -0.4 is 5.32 Å². The number of likely N-dealkylation sites (tertiary alicyclic amines) is 1. The Morgan fingerprint density at radius 3 is 2.79 bits per heavy atom. The van der Waals surface area contributed by atoms with E-state index in [4.69, 9.17) is 9.47 Å². The standard InChI is InChI=1S/C14H24N2O3/c17-13(9-12-10-19-8-4-15-12)16-5-1-14(11-16)2-6-18-7-3-14/h12,15H,1-11H2. The van der Waals surface area contributed by atoms with Crippen molar-refractivity contribution < 1.29 is 14.3 Å². The first-order valence-electron chi connectivity index (χ1n) is 7.44. The number of rotatable bonds is 2. The summed E-state index contributed by atoms with van der Waals surface area (Å²) in [5.74, 6) is 0.284. The van der Waals surface area contributed by atoms with Gasteiger partial charge in [0.15, 0.2) is 0 Å². The van der Waals surface area contributed by atoms with E-state index in [0.717, 1.165) is 58.7 Å². The summed E-state index contributed by atoms with van der Waals surface area (Å²) in [6.45, 7) is 5.87. The van der Waals surface area contributed by atoms with Crippen LogP contribution in [0.3, 0.4) is 0 Å². The van der Waals surface area contributed by atoms with Crippen LogP contribution in [0, 0.1) is 5.41 Å². The monoisotopic (exact) mass is 268 g/mol. The third-order valence-electron chi connectivity index (χ3n) is 4.76. The number of ether oxygens (including phenoxy) is 2. The maximum absolute atomic E-state index is 12.3. The van der Waals surface area contributed by atoms with Crippen LogP contribution >= 0.6 is 0 Å². The molecule has 0 aliphatic carbocycles. The van der Waals surface area contributed by atoms with E-state index in [9.17, 15) is 4.79 Å². The molecule has 3 fully saturated rings. The van der Waals surface area contributed by atoms with Crippen LogP contribution in [0.2, 0.25) is 0 Å². The van der Waals surface area contributed by atoms with Crippen LogP contribution in [0.15, 0.2) is 0 Å². The molecule has 5 heteroatoms. The van der Waals surface area contributed by atoms with Crippen LogP contribution in [0.1, 0.15) is 25.7 Å². The summed E-state index contributed by atoms with van der Waals surface area (Å²) in [7, 11) is 0. The molecule has 3 saturated heterocycles. The molecule has 0 saturated carbocycles. The predicted molar refractivity (Wildman–Crippen MR) is 70.9 cm³/mol. The first-order valence-corrected chi connectivity index (χ1v) is 7.44. The Hall–Kier alpha value is -0.650. The fraction of sp³-hybridized carbons (Fsp3) is 0.929. The minimum atomic E-state index is 0.201. The number of hydrogen-bond donors (Lipinski definition) is 1. The molecule has 0 aromatic rings. The van der Waals surface area contributed by atoms with Gasteiger partial charge < -0.3 is 19.7 Å². The number of carbonyl (C=O) groups excluding carboxylic acids is 1. The molecule has 1 amide bonds. The largest absolute Gasteiger partial charge is 0.381 e. The minimum Gasteiger partial charge on any atom is -0.381 e. The van der Waals surface area contributed by atoms with Crippen molar-refractivity contribution >= 4 is 5.91 Å². The second-order valence-corrected chi connectivity index (χ2v) is 6.11. The van der Waals surface area contributed by atoms with Crippen LogP contribution in [0.4, 0.5) is 0 Å². The Balaban J connectivity index is 1.50. The highest BCUT2D eigenvalue weighted by molar-refractivity contribution is 5.77. The van der Waals surface area contributed by atoms with Gasteiger partial charge in [0.05, 0.1) is 13.2 Å². The van der Waals surface area contributed by atoms with E-state index in [1.54, 1.807) is 0 Å². The Labute approximate surface area is 114 Å². The Kier molecular flexibility index (Phi) is 4.05. The van der Waals surface area contributed by atoms with Crippen molar-refractivity contribution in [3.8, 4) is 0 Å². The first kappa shape index (κ1) is 13.3.